The lowest BCUT2D eigenvalue weighted by atomic mass is 10.1. The van der Waals surface area contributed by atoms with E-state index in [0.717, 1.165) is 46.3 Å². The Labute approximate surface area is 173 Å². The molecule has 4 aromatic rings. The van der Waals surface area contributed by atoms with Gasteiger partial charge in [-0.2, -0.15) is 0 Å². The minimum Gasteiger partial charge on any atom is -0.325 e. The minimum absolute atomic E-state index is 0.0836. The summed E-state index contributed by atoms with van der Waals surface area (Å²) < 4.78 is 2.18. The van der Waals surface area contributed by atoms with E-state index in [1.807, 2.05) is 44.2 Å². The second kappa shape index (κ2) is 8.21. The average Bonchev–Trinajstić information content (AvgIpc) is 3.02. The highest BCUT2D eigenvalue weighted by atomic mass is 32.2. The Hall–Kier alpha value is -2.93. The van der Waals surface area contributed by atoms with E-state index in [0.29, 0.717) is 5.16 Å². The summed E-state index contributed by atoms with van der Waals surface area (Å²) >= 11 is 1.30. The third kappa shape index (κ3) is 3.96. The molecule has 0 saturated carbocycles. The number of rotatable bonds is 6. The molecule has 148 valence electrons. The molecule has 1 N–H and O–H groups in total. The molecule has 0 unspecified atom stereocenters. The molecular formula is C22H23N5OS. The Morgan fingerprint density at radius 1 is 1.14 bits per heavy atom. The molecule has 6 nitrogen and oxygen atoms in total. The third-order valence-electron chi connectivity index (χ3n) is 4.79. The zero-order valence-electron chi connectivity index (χ0n) is 16.8. The Kier molecular flexibility index (Phi) is 5.49. The van der Waals surface area contributed by atoms with Gasteiger partial charge in [0.2, 0.25) is 11.1 Å². The van der Waals surface area contributed by atoms with E-state index < -0.39 is 0 Å². The molecule has 0 atom stereocenters. The van der Waals surface area contributed by atoms with Crippen LogP contribution in [0.1, 0.15) is 24.5 Å². The van der Waals surface area contributed by atoms with Crippen LogP contribution in [-0.4, -0.2) is 31.4 Å². The van der Waals surface area contributed by atoms with Crippen molar-refractivity contribution in [2.24, 2.45) is 0 Å². The van der Waals surface area contributed by atoms with Crippen LogP contribution in [0.15, 0.2) is 47.6 Å². The molecule has 0 aliphatic heterocycles. The smallest absolute Gasteiger partial charge is 0.234 e. The fraction of sp³-hybridized carbons (Fsp3) is 0.273. The van der Waals surface area contributed by atoms with Crippen molar-refractivity contribution in [2.45, 2.75) is 38.9 Å². The highest BCUT2D eigenvalue weighted by Crippen LogP contribution is 2.27. The van der Waals surface area contributed by atoms with Crippen LogP contribution in [0.25, 0.3) is 22.1 Å². The van der Waals surface area contributed by atoms with E-state index in [1.165, 1.54) is 17.3 Å². The van der Waals surface area contributed by atoms with Crippen molar-refractivity contribution in [3.63, 3.8) is 0 Å². The number of benzene rings is 2. The highest BCUT2D eigenvalue weighted by Gasteiger charge is 2.15. The van der Waals surface area contributed by atoms with Crippen LogP contribution < -0.4 is 5.32 Å². The van der Waals surface area contributed by atoms with Gasteiger partial charge in [0.1, 0.15) is 5.52 Å². The maximum Gasteiger partial charge on any atom is 0.234 e. The van der Waals surface area contributed by atoms with Gasteiger partial charge in [-0.15, -0.1) is 10.2 Å². The van der Waals surface area contributed by atoms with Crippen molar-refractivity contribution in [1.82, 2.24) is 19.7 Å². The summed E-state index contributed by atoms with van der Waals surface area (Å²) in [4.78, 5) is 17.1. The van der Waals surface area contributed by atoms with Crippen LogP contribution in [-0.2, 0) is 11.3 Å². The molecule has 0 aliphatic rings. The number of anilines is 1. The zero-order chi connectivity index (χ0) is 20.4. The van der Waals surface area contributed by atoms with Crippen molar-refractivity contribution in [3.8, 4) is 0 Å². The normalized spacial score (nSPS) is 11.3. The second-order valence-corrected chi connectivity index (χ2v) is 8.03. The lowest BCUT2D eigenvalue weighted by Gasteiger charge is -2.08. The summed E-state index contributed by atoms with van der Waals surface area (Å²) in [5, 5.41) is 13.2. The Morgan fingerprint density at radius 3 is 2.76 bits per heavy atom. The number of thioether (sulfide) groups is 1. The number of nitrogens with zero attached hydrogens (tertiary/aromatic N) is 4. The number of carbonyl (C=O) groups is 1. The van der Waals surface area contributed by atoms with Gasteiger partial charge in [-0.05, 0) is 38.0 Å². The van der Waals surface area contributed by atoms with Crippen LogP contribution in [0.3, 0.4) is 0 Å². The number of hydrogen-bond acceptors (Lipinski definition) is 5. The van der Waals surface area contributed by atoms with Gasteiger partial charge in [0.05, 0.1) is 11.3 Å². The number of fused-ring (bicyclic) bond motifs is 3. The summed E-state index contributed by atoms with van der Waals surface area (Å²) in [6.45, 7) is 7.03. The molecule has 2 aromatic carbocycles. The predicted octanol–water partition coefficient (Wildman–Crippen LogP) is 4.74. The molecule has 2 heterocycles. The molecule has 0 radical (unpaired) electrons. The second-order valence-electron chi connectivity index (χ2n) is 7.09. The lowest BCUT2D eigenvalue weighted by molar-refractivity contribution is -0.113. The number of amides is 1. The zero-order valence-corrected chi connectivity index (χ0v) is 17.6. The Balaban J connectivity index is 1.54. The summed E-state index contributed by atoms with van der Waals surface area (Å²) in [5.74, 6) is 0.147. The van der Waals surface area contributed by atoms with Crippen LogP contribution in [0.5, 0.6) is 0 Å². The fourth-order valence-corrected chi connectivity index (χ4v) is 4.05. The van der Waals surface area contributed by atoms with Gasteiger partial charge >= 0.3 is 0 Å². The van der Waals surface area contributed by atoms with Crippen LogP contribution >= 0.6 is 11.8 Å². The van der Waals surface area contributed by atoms with Crippen LogP contribution in [0.2, 0.25) is 0 Å². The maximum atomic E-state index is 12.4. The van der Waals surface area contributed by atoms with E-state index in [1.54, 1.807) is 0 Å². The fourth-order valence-electron chi connectivity index (χ4n) is 3.47. The molecule has 1 amide bonds. The molecule has 0 saturated heterocycles. The molecule has 0 bridgehead atoms. The van der Waals surface area contributed by atoms with Crippen molar-refractivity contribution in [3.05, 3.63) is 53.6 Å². The third-order valence-corrected chi connectivity index (χ3v) is 5.63. The molecule has 29 heavy (non-hydrogen) atoms. The summed E-state index contributed by atoms with van der Waals surface area (Å²) in [6.07, 6.45) is 0.999. The van der Waals surface area contributed by atoms with Crippen LogP contribution in [0.4, 0.5) is 5.69 Å². The number of para-hydroxylation sites is 1. The van der Waals surface area contributed by atoms with E-state index >= 15 is 0 Å². The first-order chi connectivity index (χ1) is 14.1. The first kappa shape index (κ1) is 19.4. The molecule has 7 heteroatoms. The molecule has 0 aliphatic carbocycles. The summed E-state index contributed by atoms with van der Waals surface area (Å²) in [6, 6.07) is 14.1. The Morgan fingerprint density at radius 2 is 1.97 bits per heavy atom. The quantitative estimate of drug-likeness (QED) is 0.469. The van der Waals surface area contributed by atoms with E-state index in [4.69, 9.17) is 4.98 Å². The number of carbonyl (C=O) groups excluding carboxylic acids is 1. The molecular weight excluding hydrogens is 382 g/mol. The number of hydrogen-bond donors (Lipinski definition) is 1. The maximum absolute atomic E-state index is 12.4. The van der Waals surface area contributed by atoms with Crippen molar-refractivity contribution in [2.75, 3.05) is 11.1 Å². The van der Waals surface area contributed by atoms with Gasteiger partial charge in [0.15, 0.2) is 5.65 Å². The SMILES string of the molecule is CCCn1c2ccccc2c2nnc(SCC(=O)Nc3ccc(C)cc3C)nc21. The van der Waals surface area contributed by atoms with E-state index in [-0.39, 0.29) is 11.7 Å². The van der Waals surface area contributed by atoms with Gasteiger partial charge in [-0.25, -0.2) is 4.98 Å². The van der Waals surface area contributed by atoms with Gasteiger partial charge < -0.3 is 9.88 Å². The van der Waals surface area contributed by atoms with Gasteiger partial charge in [0.25, 0.3) is 0 Å². The van der Waals surface area contributed by atoms with Crippen molar-refractivity contribution >= 4 is 45.4 Å². The first-order valence-corrected chi connectivity index (χ1v) is 10.7. The molecule has 2 aromatic heterocycles. The molecule has 0 spiro atoms. The summed E-state index contributed by atoms with van der Waals surface area (Å²) in [7, 11) is 0. The Bertz CT molecular complexity index is 1200. The van der Waals surface area contributed by atoms with Crippen molar-refractivity contribution < 1.29 is 4.79 Å². The van der Waals surface area contributed by atoms with Gasteiger partial charge in [0, 0.05) is 17.6 Å². The number of nitrogens with one attached hydrogen (secondary N) is 1. The molecule has 4 rings (SSSR count). The van der Waals surface area contributed by atoms with Gasteiger partial charge in [-0.1, -0.05) is 54.6 Å². The van der Waals surface area contributed by atoms with Crippen molar-refractivity contribution in [1.29, 1.82) is 0 Å². The largest absolute Gasteiger partial charge is 0.325 e. The lowest BCUT2D eigenvalue weighted by Crippen LogP contribution is -2.15. The van der Waals surface area contributed by atoms with E-state index in [2.05, 4.69) is 39.1 Å². The number of aromatic nitrogens is 4. The topological polar surface area (TPSA) is 72.7 Å². The minimum atomic E-state index is -0.0836. The molecule has 0 fully saturated rings. The first-order valence-electron chi connectivity index (χ1n) is 9.68. The van der Waals surface area contributed by atoms with E-state index in [9.17, 15) is 4.79 Å². The monoisotopic (exact) mass is 405 g/mol. The van der Waals surface area contributed by atoms with Crippen LogP contribution in [0, 0.1) is 13.8 Å². The summed E-state index contributed by atoms with van der Waals surface area (Å²) in [5.41, 5.74) is 5.79. The standard InChI is InChI=1S/C22H23N5OS/c1-4-11-27-18-8-6-5-7-16(18)20-21(27)24-22(26-25-20)29-13-19(28)23-17-10-9-14(2)12-15(17)3/h5-10,12H,4,11,13H2,1-3H3,(H,23,28). The predicted molar refractivity (Wildman–Crippen MR) is 118 cm³/mol. The number of aryl methyl sites for hydroxylation is 3. The highest BCUT2D eigenvalue weighted by molar-refractivity contribution is 7.99. The van der Waals surface area contributed by atoms with Gasteiger partial charge in [-0.3, -0.25) is 4.79 Å². The average molecular weight is 406 g/mol.